The van der Waals surface area contributed by atoms with Crippen molar-refractivity contribution in [1.29, 1.82) is 0 Å². The lowest BCUT2D eigenvalue weighted by Gasteiger charge is -2.44. The number of rotatable bonds is 2. The first-order chi connectivity index (χ1) is 6.29. The minimum absolute atomic E-state index is 0.463. The van der Waals surface area contributed by atoms with Crippen molar-refractivity contribution in [2.75, 3.05) is 19.7 Å². The molecule has 2 aliphatic rings. The first-order valence-electron chi connectivity index (χ1n) is 5.40. The summed E-state index contributed by atoms with van der Waals surface area (Å²) in [5, 5.41) is 0. The fourth-order valence-corrected chi connectivity index (χ4v) is 2.25. The van der Waals surface area contributed by atoms with Gasteiger partial charge in [0.1, 0.15) is 0 Å². The van der Waals surface area contributed by atoms with Crippen molar-refractivity contribution in [1.82, 2.24) is 4.90 Å². The lowest BCUT2D eigenvalue weighted by atomic mass is 9.86. The second-order valence-electron chi connectivity index (χ2n) is 4.28. The van der Waals surface area contributed by atoms with E-state index < -0.39 is 0 Å². The second-order valence-corrected chi connectivity index (χ2v) is 4.28. The minimum atomic E-state index is 0.463. The molecule has 1 heterocycles. The molecule has 0 aromatic heterocycles. The van der Waals surface area contributed by atoms with Crippen molar-refractivity contribution >= 4 is 0 Å². The van der Waals surface area contributed by atoms with Crippen LogP contribution in [0, 0.1) is 0 Å². The molecule has 76 valence electrons. The number of ether oxygens (including phenoxy) is 1. The van der Waals surface area contributed by atoms with Crippen LogP contribution in [-0.2, 0) is 4.74 Å². The third kappa shape index (κ3) is 2.03. The van der Waals surface area contributed by atoms with Crippen LogP contribution in [0.5, 0.6) is 0 Å². The van der Waals surface area contributed by atoms with Crippen molar-refractivity contribution in [3.63, 3.8) is 0 Å². The van der Waals surface area contributed by atoms with E-state index in [1.807, 2.05) is 0 Å². The van der Waals surface area contributed by atoms with Crippen LogP contribution in [0.3, 0.4) is 0 Å². The molecule has 2 rings (SSSR count). The van der Waals surface area contributed by atoms with E-state index in [9.17, 15) is 0 Å². The molecule has 0 radical (unpaired) electrons. The average molecular weight is 184 g/mol. The molecule has 0 spiro atoms. The van der Waals surface area contributed by atoms with Gasteiger partial charge in [0.15, 0.2) is 0 Å². The Morgan fingerprint density at radius 2 is 2.23 bits per heavy atom. The van der Waals surface area contributed by atoms with Gasteiger partial charge in [-0.1, -0.05) is 6.92 Å². The van der Waals surface area contributed by atoms with Gasteiger partial charge in [0, 0.05) is 25.2 Å². The Labute approximate surface area is 80.2 Å². The van der Waals surface area contributed by atoms with E-state index in [0.717, 1.165) is 32.2 Å². The number of nitrogens with two attached hydrogens (primary N) is 1. The summed E-state index contributed by atoms with van der Waals surface area (Å²) in [6.45, 7) is 5.33. The van der Waals surface area contributed by atoms with Crippen LogP contribution in [0.15, 0.2) is 0 Å². The normalized spacial score (nSPS) is 41.5. The van der Waals surface area contributed by atoms with Crippen LogP contribution >= 0.6 is 0 Å². The first-order valence-corrected chi connectivity index (χ1v) is 5.40. The molecular weight excluding hydrogens is 164 g/mol. The van der Waals surface area contributed by atoms with Crippen molar-refractivity contribution in [2.24, 2.45) is 5.73 Å². The Kier molecular flexibility index (Phi) is 2.86. The van der Waals surface area contributed by atoms with E-state index in [-0.39, 0.29) is 0 Å². The zero-order chi connectivity index (χ0) is 9.26. The molecule has 1 saturated carbocycles. The quantitative estimate of drug-likeness (QED) is 0.682. The smallest absolute Gasteiger partial charge is 0.0700 e. The highest BCUT2D eigenvalue weighted by Crippen LogP contribution is 2.25. The highest BCUT2D eigenvalue weighted by molar-refractivity contribution is 4.91. The summed E-state index contributed by atoms with van der Waals surface area (Å²) in [6.07, 6.45) is 3.98. The molecule has 0 aromatic rings. The van der Waals surface area contributed by atoms with Gasteiger partial charge in [-0.3, -0.25) is 4.90 Å². The number of morpholine rings is 1. The largest absolute Gasteiger partial charge is 0.376 e. The first kappa shape index (κ1) is 9.44. The molecule has 1 aliphatic carbocycles. The van der Waals surface area contributed by atoms with Crippen molar-refractivity contribution < 1.29 is 4.74 Å². The van der Waals surface area contributed by atoms with E-state index in [2.05, 4.69) is 11.8 Å². The Balaban J connectivity index is 1.79. The fourth-order valence-electron chi connectivity index (χ4n) is 2.25. The highest BCUT2D eigenvalue weighted by atomic mass is 16.5. The Bertz CT molecular complexity index is 168. The van der Waals surface area contributed by atoms with Gasteiger partial charge in [-0.25, -0.2) is 0 Å². The van der Waals surface area contributed by atoms with Gasteiger partial charge in [0.25, 0.3) is 0 Å². The van der Waals surface area contributed by atoms with E-state index >= 15 is 0 Å². The molecule has 2 N–H and O–H groups in total. The van der Waals surface area contributed by atoms with Crippen molar-refractivity contribution in [3.05, 3.63) is 0 Å². The molecule has 13 heavy (non-hydrogen) atoms. The van der Waals surface area contributed by atoms with Crippen molar-refractivity contribution in [2.45, 2.75) is 44.4 Å². The fraction of sp³-hybridized carbons (Fsp3) is 1.00. The van der Waals surface area contributed by atoms with Gasteiger partial charge in [0.05, 0.1) is 12.7 Å². The summed E-state index contributed by atoms with van der Waals surface area (Å²) in [6, 6.07) is 1.22. The summed E-state index contributed by atoms with van der Waals surface area (Å²) >= 11 is 0. The van der Waals surface area contributed by atoms with Gasteiger partial charge in [-0.05, 0) is 19.3 Å². The van der Waals surface area contributed by atoms with E-state index in [4.69, 9.17) is 10.5 Å². The van der Waals surface area contributed by atoms with E-state index in [1.54, 1.807) is 0 Å². The summed E-state index contributed by atoms with van der Waals surface area (Å²) in [4.78, 5) is 2.56. The van der Waals surface area contributed by atoms with Gasteiger partial charge in [-0.2, -0.15) is 0 Å². The Morgan fingerprint density at radius 3 is 2.85 bits per heavy atom. The average Bonchev–Trinajstić information content (AvgIpc) is 2.13. The topological polar surface area (TPSA) is 38.5 Å². The number of hydrogen-bond donors (Lipinski definition) is 1. The standard InChI is InChI=1S/C10H20N2O/c1-2-10-7-12(3-4-13-10)9-5-8(11)6-9/h8-10H,2-7,11H2,1H3. The Hall–Kier alpha value is -0.120. The van der Waals surface area contributed by atoms with Crippen molar-refractivity contribution in [3.8, 4) is 0 Å². The zero-order valence-corrected chi connectivity index (χ0v) is 8.41. The number of nitrogens with zero attached hydrogens (tertiary/aromatic N) is 1. The van der Waals surface area contributed by atoms with Crippen LogP contribution in [-0.4, -0.2) is 42.8 Å². The van der Waals surface area contributed by atoms with E-state index in [0.29, 0.717) is 12.1 Å². The molecule has 1 aliphatic heterocycles. The van der Waals surface area contributed by atoms with Gasteiger partial charge in [0.2, 0.25) is 0 Å². The molecule has 3 heteroatoms. The zero-order valence-electron chi connectivity index (χ0n) is 8.41. The van der Waals surface area contributed by atoms with Crippen LogP contribution in [0.1, 0.15) is 26.2 Å². The number of hydrogen-bond acceptors (Lipinski definition) is 3. The molecule has 3 nitrogen and oxygen atoms in total. The molecule has 1 unspecified atom stereocenters. The third-order valence-electron chi connectivity index (χ3n) is 3.29. The molecular formula is C10H20N2O. The third-order valence-corrected chi connectivity index (χ3v) is 3.29. The van der Waals surface area contributed by atoms with E-state index in [1.165, 1.54) is 12.8 Å². The lowest BCUT2D eigenvalue weighted by Crippen LogP contribution is -2.55. The summed E-state index contributed by atoms with van der Waals surface area (Å²) < 4.78 is 5.63. The molecule has 0 bridgehead atoms. The van der Waals surface area contributed by atoms with Gasteiger partial charge in [-0.15, -0.1) is 0 Å². The monoisotopic (exact) mass is 184 g/mol. The summed E-state index contributed by atoms with van der Waals surface area (Å²) in [5.41, 5.74) is 5.78. The van der Waals surface area contributed by atoms with Crippen LogP contribution in [0.4, 0.5) is 0 Å². The molecule has 2 fully saturated rings. The van der Waals surface area contributed by atoms with Crippen LogP contribution < -0.4 is 5.73 Å². The van der Waals surface area contributed by atoms with Crippen LogP contribution in [0.25, 0.3) is 0 Å². The SMILES string of the molecule is CCC1CN(C2CC(N)C2)CCO1. The summed E-state index contributed by atoms with van der Waals surface area (Å²) in [7, 11) is 0. The molecule has 0 aromatic carbocycles. The predicted octanol–water partition coefficient (Wildman–Crippen LogP) is 0.587. The van der Waals surface area contributed by atoms with Gasteiger partial charge >= 0.3 is 0 Å². The maximum atomic E-state index is 5.78. The molecule has 1 atom stereocenters. The predicted molar refractivity (Wildman–Crippen MR) is 52.6 cm³/mol. The Morgan fingerprint density at radius 1 is 1.46 bits per heavy atom. The van der Waals surface area contributed by atoms with Crippen LogP contribution in [0.2, 0.25) is 0 Å². The maximum absolute atomic E-state index is 5.78. The van der Waals surface area contributed by atoms with Gasteiger partial charge < -0.3 is 10.5 Å². The second kappa shape index (κ2) is 3.95. The maximum Gasteiger partial charge on any atom is 0.0700 e. The molecule has 1 saturated heterocycles. The minimum Gasteiger partial charge on any atom is -0.376 e. The summed E-state index contributed by atoms with van der Waals surface area (Å²) in [5.74, 6) is 0. The molecule has 0 amide bonds. The lowest BCUT2D eigenvalue weighted by molar-refractivity contribution is -0.0584. The highest BCUT2D eigenvalue weighted by Gasteiger charge is 2.33.